The van der Waals surface area contributed by atoms with Crippen molar-refractivity contribution >= 4 is 0 Å². The number of hydrogen-bond donors (Lipinski definition) is 1. The fourth-order valence-electron chi connectivity index (χ4n) is 1.46. The van der Waals surface area contributed by atoms with E-state index in [4.69, 9.17) is 10.5 Å². The molecule has 15 heavy (non-hydrogen) atoms. The Labute approximate surface area is 94.0 Å². The van der Waals surface area contributed by atoms with Crippen LogP contribution in [0.25, 0.3) is 0 Å². The second-order valence-electron chi connectivity index (χ2n) is 4.78. The third-order valence-electron chi connectivity index (χ3n) is 3.07. The first-order valence-electron chi connectivity index (χ1n) is 6.24. The van der Waals surface area contributed by atoms with Crippen LogP contribution in [-0.2, 0) is 4.74 Å². The lowest BCUT2D eigenvalue weighted by molar-refractivity contribution is 0.103. The van der Waals surface area contributed by atoms with Gasteiger partial charge in [-0.2, -0.15) is 0 Å². The Kier molecular flexibility index (Phi) is 6.22. The molecule has 0 radical (unpaired) electrons. The van der Waals surface area contributed by atoms with Gasteiger partial charge in [-0.3, -0.25) is 0 Å². The van der Waals surface area contributed by atoms with Crippen molar-refractivity contribution in [2.24, 2.45) is 11.7 Å². The average Bonchev–Trinajstić information content (AvgIpc) is 3.04. The van der Waals surface area contributed by atoms with Gasteiger partial charge < -0.3 is 15.4 Å². The van der Waals surface area contributed by atoms with Crippen LogP contribution in [0.2, 0.25) is 0 Å². The Bertz CT molecular complexity index is 160. The third-order valence-corrected chi connectivity index (χ3v) is 3.07. The van der Waals surface area contributed by atoms with Gasteiger partial charge >= 0.3 is 0 Å². The second-order valence-corrected chi connectivity index (χ2v) is 4.78. The molecule has 1 aliphatic carbocycles. The molecule has 1 rings (SSSR count). The average molecular weight is 214 g/mol. The molecule has 2 N–H and O–H groups in total. The lowest BCUT2D eigenvalue weighted by Crippen LogP contribution is -2.30. The molecule has 0 aliphatic heterocycles. The summed E-state index contributed by atoms with van der Waals surface area (Å²) in [4.78, 5) is 2.31. The largest absolute Gasteiger partial charge is 0.380 e. The quantitative estimate of drug-likeness (QED) is 0.591. The molecule has 0 heterocycles. The third kappa shape index (κ3) is 6.88. The standard InChI is InChI=1S/C12H26N2O/c1-3-12(13)6-7-14(2)8-9-15-10-11-4-5-11/h11-12H,3-10,13H2,1-2H3. The molecule has 3 nitrogen and oxygen atoms in total. The van der Waals surface area contributed by atoms with Crippen LogP contribution in [-0.4, -0.2) is 44.3 Å². The van der Waals surface area contributed by atoms with E-state index in [1.54, 1.807) is 0 Å². The van der Waals surface area contributed by atoms with Crippen LogP contribution in [0.5, 0.6) is 0 Å². The zero-order valence-corrected chi connectivity index (χ0v) is 10.2. The van der Waals surface area contributed by atoms with Crippen molar-refractivity contribution in [1.29, 1.82) is 0 Å². The molecule has 1 fully saturated rings. The van der Waals surface area contributed by atoms with Crippen molar-refractivity contribution in [2.45, 2.75) is 38.6 Å². The number of ether oxygens (including phenoxy) is 1. The molecule has 90 valence electrons. The molecular formula is C12H26N2O. The molecule has 0 bridgehead atoms. The van der Waals surface area contributed by atoms with Crippen molar-refractivity contribution < 1.29 is 4.74 Å². The highest BCUT2D eigenvalue weighted by atomic mass is 16.5. The topological polar surface area (TPSA) is 38.5 Å². The van der Waals surface area contributed by atoms with Gasteiger partial charge in [0.1, 0.15) is 0 Å². The molecule has 0 saturated heterocycles. The SMILES string of the molecule is CCC(N)CCN(C)CCOCC1CC1. The van der Waals surface area contributed by atoms with E-state index in [0.29, 0.717) is 6.04 Å². The van der Waals surface area contributed by atoms with Gasteiger partial charge in [0.2, 0.25) is 0 Å². The van der Waals surface area contributed by atoms with Crippen molar-refractivity contribution in [3.63, 3.8) is 0 Å². The lowest BCUT2D eigenvalue weighted by Gasteiger charge is -2.18. The van der Waals surface area contributed by atoms with E-state index in [1.165, 1.54) is 12.8 Å². The van der Waals surface area contributed by atoms with Crippen molar-refractivity contribution in [3.05, 3.63) is 0 Å². The second kappa shape index (κ2) is 7.20. The van der Waals surface area contributed by atoms with E-state index >= 15 is 0 Å². The van der Waals surface area contributed by atoms with E-state index in [0.717, 1.165) is 45.1 Å². The van der Waals surface area contributed by atoms with Crippen LogP contribution in [0, 0.1) is 5.92 Å². The maximum absolute atomic E-state index is 5.87. The molecule has 0 spiro atoms. The molecule has 1 saturated carbocycles. The molecule has 3 heteroatoms. The predicted molar refractivity (Wildman–Crippen MR) is 63.9 cm³/mol. The zero-order chi connectivity index (χ0) is 11.1. The Morgan fingerprint density at radius 3 is 2.73 bits per heavy atom. The molecule has 0 aromatic carbocycles. The summed E-state index contributed by atoms with van der Waals surface area (Å²) in [5.74, 6) is 0.879. The molecule has 0 amide bonds. The highest BCUT2D eigenvalue weighted by Crippen LogP contribution is 2.28. The number of nitrogens with zero attached hydrogens (tertiary/aromatic N) is 1. The Morgan fingerprint density at radius 2 is 2.13 bits per heavy atom. The number of nitrogens with two attached hydrogens (primary N) is 1. The summed E-state index contributed by atoms with van der Waals surface area (Å²) in [6.07, 6.45) is 4.92. The summed E-state index contributed by atoms with van der Waals surface area (Å²) in [6, 6.07) is 0.361. The maximum atomic E-state index is 5.87. The minimum Gasteiger partial charge on any atom is -0.380 e. The first kappa shape index (κ1) is 12.9. The lowest BCUT2D eigenvalue weighted by atomic mass is 10.2. The number of rotatable bonds is 9. The van der Waals surface area contributed by atoms with E-state index in [2.05, 4.69) is 18.9 Å². The summed E-state index contributed by atoms with van der Waals surface area (Å²) < 4.78 is 5.59. The summed E-state index contributed by atoms with van der Waals surface area (Å²) >= 11 is 0. The van der Waals surface area contributed by atoms with Crippen LogP contribution >= 0.6 is 0 Å². The van der Waals surface area contributed by atoms with Crippen LogP contribution in [0.1, 0.15) is 32.6 Å². The van der Waals surface area contributed by atoms with Gasteiger partial charge in [0.15, 0.2) is 0 Å². The predicted octanol–water partition coefficient (Wildman–Crippen LogP) is 1.47. The molecule has 1 atom stereocenters. The van der Waals surface area contributed by atoms with Gasteiger partial charge in [-0.05, 0) is 45.2 Å². The van der Waals surface area contributed by atoms with E-state index < -0.39 is 0 Å². The molecule has 1 aliphatic rings. The van der Waals surface area contributed by atoms with Crippen LogP contribution in [0.4, 0.5) is 0 Å². The minimum atomic E-state index is 0.361. The first-order chi connectivity index (χ1) is 7.22. The van der Waals surface area contributed by atoms with Gasteiger partial charge in [-0.15, -0.1) is 0 Å². The summed E-state index contributed by atoms with van der Waals surface area (Å²) in [5, 5.41) is 0. The Balaban J connectivity index is 1.85. The normalized spacial score (nSPS) is 18.4. The maximum Gasteiger partial charge on any atom is 0.0593 e. The van der Waals surface area contributed by atoms with E-state index in [1.807, 2.05) is 0 Å². The van der Waals surface area contributed by atoms with Crippen molar-refractivity contribution in [1.82, 2.24) is 4.90 Å². The van der Waals surface area contributed by atoms with Crippen LogP contribution < -0.4 is 5.73 Å². The number of likely N-dealkylation sites (N-methyl/N-ethyl adjacent to an activating group) is 1. The monoisotopic (exact) mass is 214 g/mol. The fraction of sp³-hybridized carbons (Fsp3) is 1.00. The number of hydrogen-bond acceptors (Lipinski definition) is 3. The summed E-state index contributed by atoms with van der Waals surface area (Å²) in [6.45, 7) is 6.10. The van der Waals surface area contributed by atoms with Crippen LogP contribution in [0.15, 0.2) is 0 Å². The smallest absolute Gasteiger partial charge is 0.0593 e. The van der Waals surface area contributed by atoms with Gasteiger partial charge in [0, 0.05) is 19.2 Å². The fourth-order valence-corrected chi connectivity index (χ4v) is 1.46. The van der Waals surface area contributed by atoms with E-state index in [9.17, 15) is 0 Å². The molecule has 0 aromatic heterocycles. The van der Waals surface area contributed by atoms with Crippen molar-refractivity contribution in [2.75, 3.05) is 33.4 Å². The van der Waals surface area contributed by atoms with Gasteiger partial charge in [-0.1, -0.05) is 6.92 Å². The zero-order valence-electron chi connectivity index (χ0n) is 10.2. The molecule has 1 unspecified atom stereocenters. The van der Waals surface area contributed by atoms with E-state index in [-0.39, 0.29) is 0 Å². The summed E-state index contributed by atoms with van der Waals surface area (Å²) in [5.41, 5.74) is 5.87. The highest BCUT2D eigenvalue weighted by molar-refractivity contribution is 4.72. The van der Waals surface area contributed by atoms with Gasteiger partial charge in [0.05, 0.1) is 6.61 Å². The summed E-state index contributed by atoms with van der Waals surface area (Å²) in [7, 11) is 2.14. The minimum absolute atomic E-state index is 0.361. The Hall–Kier alpha value is -0.120. The van der Waals surface area contributed by atoms with Crippen LogP contribution in [0.3, 0.4) is 0 Å². The highest BCUT2D eigenvalue weighted by Gasteiger charge is 2.20. The van der Waals surface area contributed by atoms with Gasteiger partial charge in [0.25, 0.3) is 0 Å². The molecule has 0 aromatic rings. The Morgan fingerprint density at radius 1 is 1.40 bits per heavy atom. The first-order valence-corrected chi connectivity index (χ1v) is 6.24. The van der Waals surface area contributed by atoms with Gasteiger partial charge in [-0.25, -0.2) is 0 Å². The molecular weight excluding hydrogens is 188 g/mol. The van der Waals surface area contributed by atoms with Crippen molar-refractivity contribution in [3.8, 4) is 0 Å².